The van der Waals surface area contributed by atoms with Crippen LogP contribution in [0.2, 0.25) is 0 Å². The summed E-state index contributed by atoms with van der Waals surface area (Å²) in [5, 5.41) is 1.99. The molecule has 0 saturated heterocycles. The van der Waals surface area contributed by atoms with Gasteiger partial charge in [-0.15, -0.1) is 11.3 Å². The molecule has 112 valence electrons. The molecule has 1 aliphatic carbocycles. The van der Waals surface area contributed by atoms with E-state index in [0.29, 0.717) is 11.0 Å². The van der Waals surface area contributed by atoms with E-state index in [1.165, 1.54) is 24.7 Å². The summed E-state index contributed by atoms with van der Waals surface area (Å²) in [6.45, 7) is 1.42. The number of pyridine rings is 1. The molecule has 1 aliphatic rings. The van der Waals surface area contributed by atoms with Crippen LogP contribution < -0.4 is 4.72 Å². The third kappa shape index (κ3) is 2.91. The van der Waals surface area contributed by atoms with Crippen molar-refractivity contribution in [2.24, 2.45) is 0 Å². The average Bonchev–Trinajstić information content (AvgIpc) is 2.77. The molecule has 2 heterocycles. The molecule has 0 amide bonds. The number of anilines is 1. The summed E-state index contributed by atoms with van der Waals surface area (Å²) < 4.78 is 40.0. The highest BCUT2D eigenvalue weighted by Crippen LogP contribution is 2.37. The lowest BCUT2D eigenvalue weighted by Crippen LogP contribution is -2.15. The van der Waals surface area contributed by atoms with Crippen LogP contribution in [0.15, 0.2) is 22.5 Å². The van der Waals surface area contributed by atoms with Crippen LogP contribution in [-0.2, 0) is 10.0 Å². The maximum Gasteiger partial charge on any atom is 0.281 e. The second-order valence-electron chi connectivity index (χ2n) is 5.03. The minimum Gasteiger partial charge on any atom is -0.253 e. The summed E-state index contributed by atoms with van der Waals surface area (Å²) in [4.78, 5) is 8.07. The van der Waals surface area contributed by atoms with E-state index in [1.54, 1.807) is 0 Å². The molecule has 0 unspecified atom stereocenters. The zero-order chi connectivity index (χ0) is 15.0. The summed E-state index contributed by atoms with van der Waals surface area (Å²) in [7, 11) is -3.83. The van der Waals surface area contributed by atoms with E-state index in [-0.39, 0.29) is 10.7 Å². The van der Waals surface area contributed by atoms with Crippen LogP contribution in [-0.4, -0.2) is 18.4 Å². The molecular formula is C13H14FN3O2S2. The van der Waals surface area contributed by atoms with E-state index >= 15 is 0 Å². The lowest BCUT2D eigenvalue weighted by atomic mass is 9.83. The molecule has 1 saturated carbocycles. The number of halogens is 1. The van der Waals surface area contributed by atoms with Crippen molar-refractivity contribution in [3.8, 4) is 0 Å². The molecule has 0 atom stereocenters. The topological polar surface area (TPSA) is 72.0 Å². The Morgan fingerprint density at radius 3 is 2.71 bits per heavy atom. The molecule has 0 aliphatic heterocycles. The first-order valence-electron chi connectivity index (χ1n) is 6.57. The second-order valence-corrected chi connectivity index (χ2v) is 7.51. The lowest BCUT2D eigenvalue weighted by molar-refractivity contribution is 0.413. The Morgan fingerprint density at radius 2 is 2.10 bits per heavy atom. The Kier molecular flexibility index (Phi) is 3.66. The number of thiazole rings is 1. The van der Waals surface area contributed by atoms with Crippen molar-refractivity contribution in [1.82, 2.24) is 9.97 Å². The number of rotatable bonds is 4. The number of nitrogens with zero attached hydrogens (tertiary/aromatic N) is 2. The summed E-state index contributed by atoms with van der Waals surface area (Å²) in [5.74, 6) is -0.0823. The number of nitrogens with one attached hydrogen (secondary N) is 1. The number of aromatic nitrogens is 2. The Bertz CT molecular complexity index is 769. The third-order valence-electron chi connectivity index (χ3n) is 3.54. The normalized spacial score (nSPS) is 15.7. The number of aryl methyl sites for hydroxylation is 1. The molecule has 0 bridgehead atoms. The van der Waals surface area contributed by atoms with Crippen LogP contribution in [0.1, 0.15) is 36.6 Å². The van der Waals surface area contributed by atoms with Gasteiger partial charge >= 0.3 is 0 Å². The Hall–Kier alpha value is -1.54. The van der Waals surface area contributed by atoms with Crippen LogP contribution in [0, 0.1) is 12.7 Å². The fourth-order valence-electron chi connectivity index (χ4n) is 2.06. The Morgan fingerprint density at radius 1 is 1.33 bits per heavy atom. The van der Waals surface area contributed by atoms with Crippen molar-refractivity contribution in [3.05, 3.63) is 34.7 Å². The average molecular weight is 327 g/mol. The lowest BCUT2D eigenvalue weighted by Gasteiger charge is -2.22. The van der Waals surface area contributed by atoms with Crippen LogP contribution in [0.3, 0.4) is 0 Å². The van der Waals surface area contributed by atoms with Crippen LogP contribution >= 0.6 is 11.3 Å². The van der Waals surface area contributed by atoms with Gasteiger partial charge in [-0.3, -0.25) is 4.72 Å². The van der Waals surface area contributed by atoms with Crippen molar-refractivity contribution in [2.75, 3.05) is 4.72 Å². The highest BCUT2D eigenvalue weighted by Gasteiger charge is 2.24. The molecule has 8 heteroatoms. The van der Waals surface area contributed by atoms with E-state index < -0.39 is 15.8 Å². The fraction of sp³-hybridized carbons (Fsp3) is 0.385. The maximum absolute atomic E-state index is 13.2. The minimum absolute atomic E-state index is 0.0483. The first-order chi connectivity index (χ1) is 9.95. The van der Waals surface area contributed by atoms with Crippen molar-refractivity contribution < 1.29 is 12.8 Å². The molecule has 3 rings (SSSR count). The molecular weight excluding hydrogens is 313 g/mol. The summed E-state index contributed by atoms with van der Waals surface area (Å²) in [5.41, 5.74) is 0.986. The Balaban J connectivity index is 1.81. The van der Waals surface area contributed by atoms with E-state index in [0.717, 1.165) is 30.7 Å². The number of hydrogen-bond acceptors (Lipinski definition) is 5. The van der Waals surface area contributed by atoms with Crippen LogP contribution in [0.4, 0.5) is 9.52 Å². The molecule has 0 spiro atoms. The largest absolute Gasteiger partial charge is 0.281 e. The predicted octanol–water partition coefficient (Wildman–Crippen LogP) is 3.05. The van der Waals surface area contributed by atoms with E-state index in [9.17, 15) is 12.8 Å². The third-order valence-corrected chi connectivity index (χ3v) is 5.68. The predicted molar refractivity (Wildman–Crippen MR) is 78.4 cm³/mol. The van der Waals surface area contributed by atoms with Gasteiger partial charge in [0.25, 0.3) is 10.0 Å². The van der Waals surface area contributed by atoms with Crippen LogP contribution in [0.5, 0.6) is 0 Å². The Labute approximate surface area is 126 Å². The summed E-state index contributed by atoms with van der Waals surface area (Å²) >= 11 is 1.25. The molecule has 1 fully saturated rings. The standard InChI is InChI=1S/C13H14FN3O2S2/c1-8-10(14)5-6-12(15-8)21(18,19)17-13-16-11(7-20-13)9-3-2-4-9/h5-7,9H,2-4H2,1H3,(H,16,17). The van der Waals surface area contributed by atoms with Gasteiger partial charge in [-0.25, -0.2) is 14.4 Å². The van der Waals surface area contributed by atoms with Gasteiger partial charge in [-0.05, 0) is 31.9 Å². The summed E-state index contributed by atoms with van der Waals surface area (Å²) in [6, 6.07) is 2.24. The SMILES string of the molecule is Cc1nc(S(=O)(=O)Nc2nc(C3CCC3)cs2)ccc1F. The quantitative estimate of drug-likeness (QED) is 0.937. The van der Waals surface area contributed by atoms with Crippen molar-refractivity contribution in [3.63, 3.8) is 0 Å². The zero-order valence-electron chi connectivity index (χ0n) is 11.3. The molecule has 2 aromatic heterocycles. The van der Waals surface area contributed by atoms with E-state index in [4.69, 9.17) is 0 Å². The molecule has 21 heavy (non-hydrogen) atoms. The first-order valence-corrected chi connectivity index (χ1v) is 8.93. The smallest absolute Gasteiger partial charge is 0.253 e. The van der Waals surface area contributed by atoms with Gasteiger partial charge in [0.2, 0.25) is 0 Å². The highest BCUT2D eigenvalue weighted by atomic mass is 32.2. The second kappa shape index (κ2) is 5.34. The first kappa shape index (κ1) is 14.4. The molecule has 1 N–H and O–H groups in total. The van der Waals surface area contributed by atoms with Gasteiger partial charge in [0, 0.05) is 11.3 Å². The van der Waals surface area contributed by atoms with Gasteiger partial charge in [-0.1, -0.05) is 6.42 Å². The fourth-order valence-corrected chi connectivity index (χ4v) is 4.10. The van der Waals surface area contributed by atoms with Gasteiger partial charge < -0.3 is 0 Å². The van der Waals surface area contributed by atoms with Gasteiger partial charge in [0.05, 0.1) is 11.4 Å². The van der Waals surface area contributed by atoms with Crippen molar-refractivity contribution in [2.45, 2.75) is 37.1 Å². The highest BCUT2D eigenvalue weighted by molar-refractivity contribution is 7.92. The van der Waals surface area contributed by atoms with Gasteiger partial charge in [0.15, 0.2) is 10.2 Å². The van der Waals surface area contributed by atoms with Crippen molar-refractivity contribution >= 4 is 26.5 Å². The maximum atomic E-state index is 13.2. The zero-order valence-corrected chi connectivity index (χ0v) is 13.0. The van der Waals surface area contributed by atoms with Crippen molar-refractivity contribution in [1.29, 1.82) is 0 Å². The number of sulfonamides is 1. The molecule has 0 radical (unpaired) electrons. The van der Waals surface area contributed by atoms with E-state index in [2.05, 4.69) is 14.7 Å². The molecule has 0 aromatic carbocycles. The van der Waals surface area contributed by atoms with Gasteiger partial charge in [0.1, 0.15) is 5.82 Å². The monoisotopic (exact) mass is 327 g/mol. The summed E-state index contributed by atoms with van der Waals surface area (Å²) in [6.07, 6.45) is 3.41. The number of hydrogen-bond donors (Lipinski definition) is 1. The minimum atomic E-state index is -3.83. The van der Waals surface area contributed by atoms with E-state index in [1.807, 2.05) is 5.38 Å². The molecule has 2 aromatic rings. The van der Waals surface area contributed by atoms with Crippen LogP contribution in [0.25, 0.3) is 0 Å². The van der Waals surface area contributed by atoms with Gasteiger partial charge in [-0.2, -0.15) is 8.42 Å². The molecule has 5 nitrogen and oxygen atoms in total.